The third kappa shape index (κ3) is 1.42. The van der Waals surface area contributed by atoms with Crippen LogP contribution in [0, 0.1) is 5.92 Å². The maximum Gasteiger partial charge on any atom is 0.304 e. The van der Waals surface area contributed by atoms with Crippen LogP contribution in [0.25, 0.3) is 0 Å². The highest BCUT2D eigenvalue weighted by Crippen LogP contribution is 2.20. The predicted octanol–water partition coefficient (Wildman–Crippen LogP) is -0.775. The van der Waals surface area contributed by atoms with Crippen LogP contribution in [0.3, 0.4) is 0 Å². The highest BCUT2D eigenvalue weighted by Gasteiger charge is 2.38. The number of rotatable bonds is 2. The molecule has 1 aliphatic heterocycles. The number of carboxylic acids is 1. The molecule has 1 fully saturated rings. The second-order valence-corrected chi connectivity index (χ2v) is 2.54. The molecular formula is C6H7NO5. The van der Waals surface area contributed by atoms with Gasteiger partial charge in [-0.05, 0) is 0 Å². The fraction of sp³-hybridized carbons (Fsp3) is 0.500. The Balaban J connectivity index is 2.65. The minimum atomic E-state index is -1.16. The Bertz CT molecular complexity index is 246. The number of carboxylic acid groups (broad SMARTS) is 1. The summed E-state index contributed by atoms with van der Waals surface area (Å²) in [5, 5.41) is 17.0. The van der Waals surface area contributed by atoms with E-state index in [-0.39, 0.29) is 11.5 Å². The van der Waals surface area contributed by atoms with Gasteiger partial charge < -0.3 is 5.11 Å². The van der Waals surface area contributed by atoms with Gasteiger partial charge in [0.2, 0.25) is 0 Å². The molecule has 0 saturated carbocycles. The molecule has 0 aromatic heterocycles. The van der Waals surface area contributed by atoms with Gasteiger partial charge in [0.05, 0.1) is 12.3 Å². The Morgan fingerprint density at radius 2 is 2.17 bits per heavy atom. The van der Waals surface area contributed by atoms with E-state index in [0.717, 1.165) is 0 Å². The van der Waals surface area contributed by atoms with Gasteiger partial charge in [-0.2, -0.15) is 5.06 Å². The monoisotopic (exact) mass is 173 g/mol. The largest absolute Gasteiger partial charge is 0.481 e. The van der Waals surface area contributed by atoms with Crippen LogP contribution in [0.2, 0.25) is 0 Å². The van der Waals surface area contributed by atoms with Crippen LogP contribution in [0.1, 0.15) is 12.8 Å². The van der Waals surface area contributed by atoms with Crippen LogP contribution in [-0.4, -0.2) is 33.2 Å². The first-order valence-corrected chi connectivity index (χ1v) is 3.30. The number of carbonyl (C=O) groups is 3. The lowest BCUT2D eigenvalue weighted by molar-refractivity contribution is -0.172. The summed E-state index contributed by atoms with van der Waals surface area (Å²) in [5.74, 6) is -3.63. The standard InChI is InChI=1S/C6H7NO5/c8-4-1-3(2-5(9)10)6(11)7(4)12/h3,12H,1-2H2,(H,9,10)/t3-/m1/s1. The summed E-state index contributed by atoms with van der Waals surface area (Å²) in [5.41, 5.74) is 0. The Kier molecular flexibility index (Phi) is 2.09. The molecule has 0 aromatic rings. The van der Waals surface area contributed by atoms with Crippen LogP contribution in [-0.2, 0) is 14.4 Å². The minimum Gasteiger partial charge on any atom is -0.481 e. The lowest BCUT2D eigenvalue weighted by Crippen LogP contribution is -2.27. The highest BCUT2D eigenvalue weighted by molar-refractivity contribution is 6.03. The summed E-state index contributed by atoms with van der Waals surface area (Å²) in [6, 6.07) is 0. The molecule has 1 rings (SSSR count). The zero-order chi connectivity index (χ0) is 9.30. The first kappa shape index (κ1) is 8.66. The molecule has 12 heavy (non-hydrogen) atoms. The van der Waals surface area contributed by atoms with Crippen molar-refractivity contribution in [2.45, 2.75) is 12.8 Å². The van der Waals surface area contributed by atoms with E-state index >= 15 is 0 Å². The fourth-order valence-electron chi connectivity index (χ4n) is 1.05. The van der Waals surface area contributed by atoms with E-state index in [1.807, 2.05) is 0 Å². The molecule has 0 bridgehead atoms. The smallest absolute Gasteiger partial charge is 0.304 e. The molecule has 6 nitrogen and oxygen atoms in total. The summed E-state index contributed by atoms with van der Waals surface area (Å²) < 4.78 is 0. The highest BCUT2D eigenvalue weighted by atomic mass is 16.5. The number of imide groups is 1. The average molecular weight is 173 g/mol. The maximum absolute atomic E-state index is 10.8. The van der Waals surface area contributed by atoms with Gasteiger partial charge >= 0.3 is 5.97 Å². The fourth-order valence-corrected chi connectivity index (χ4v) is 1.05. The molecule has 0 aliphatic carbocycles. The van der Waals surface area contributed by atoms with Crippen molar-refractivity contribution in [2.24, 2.45) is 5.92 Å². The zero-order valence-corrected chi connectivity index (χ0v) is 6.06. The Morgan fingerprint density at radius 3 is 2.50 bits per heavy atom. The van der Waals surface area contributed by atoms with E-state index < -0.39 is 30.1 Å². The molecule has 1 aliphatic rings. The van der Waals surface area contributed by atoms with E-state index in [0.29, 0.717) is 0 Å². The summed E-state index contributed by atoms with van der Waals surface area (Å²) in [6.45, 7) is 0. The minimum absolute atomic E-state index is 0.0202. The first-order chi connectivity index (χ1) is 5.52. The molecule has 1 saturated heterocycles. The molecule has 6 heteroatoms. The zero-order valence-electron chi connectivity index (χ0n) is 6.06. The van der Waals surface area contributed by atoms with Crippen molar-refractivity contribution in [3.63, 3.8) is 0 Å². The van der Waals surface area contributed by atoms with Gasteiger partial charge in [-0.25, -0.2) is 0 Å². The van der Waals surface area contributed by atoms with Crippen LogP contribution in [0.4, 0.5) is 0 Å². The third-order valence-electron chi connectivity index (χ3n) is 1.64. The number of amides is 2. The molecule has 66 valence electrons. The molecule has 2 N–H and O–H groups in total. The second kappa shape index (κ2) is 2.90. The number of hydrogen-bond donors (Lipinski definition) is 2. The summed E-state index contributed by atoms with van der Waals surface area (Å²) in [4.78, 5) is 31.6. The van der Waals surface area contributed by atoms with Gasteiger partial charge in [0.1, 0.15) is 0 Å². The number of carbonyl (C=O) groups excluding carboxylic acids is 2. The van der Waals surface area contributed by atoms with Crippen LogP contribution >= 0.6 is 0 Å². The lowest BCUT2D eigenvalue weighted by Gasteiger charge is -2.03. The SMILES string of the molecule is O=C(O)C[C@H]1CC(=O)N(O)C1=O. The van der Waals surface area contributed by atoms with Crippen molar-refractivity contribution in [2.75, 3.05) is 0 Å². The van der Waals surface area contributed by atoms with E-state index in [9.17, 15) is 14.4 Å². The van der Waals surface area contributed by atoms with E-state index in [4.69, 9.17) is 10.3 Å². The number of nitrogens with zero attached hydrogens (tertiary/aromatic N) is 1. The Hall–Kier alpha value is -1.43. The number of aliphatic carboxylic acids is 1. The molecular weight excluding hydrogens is 166 g/mol. The topological polar surface area (TPSA) is 94.9 Å². The third-order valence-corrected chi connectivity index (χ3v) is 1.64. The summed E-state index contributed by atoms with van der Waals surface area (Å²) in [6.07, 6.45) is -0.636. The summed E-state index contributed by atoms with van der Waals surface area (Å²) >= 11 is 0. The average Bonchev–Trinajstić information content (AvgIpc) is 2.17. The van der Waals surface area contributed by atoms with Crippen molar-refractivity contribution < 1.29 is 24.7 Å². The van der Waals surface area contributed by atoms with Crippen molar-refractivity contribution >= 4 is 17.8 Å². The quantitative estimate of drug-likeness (QED) is 0.422. The Labute approximate surface area is 67.3 Å². The van der Waals surface area contributed by atoms with E-state index in [1.165, 1.54) is 0 Å². The first-order valence-electron chi connectivity index (χ1n) is 3.30. The number of hydrogen-bond acceptors (Lipinski definition) is 4. The van der Waals surface area contributed by atoms with Gasteiger partial charge in [0, 0.05) is 6.42 Å². The molecule has 0 aromatic carbocycles. The van der Waals surface area contributed by atoms with Gasteiger partial charge in [-0.1, -0.05) is 0 Å². The summed E-state index contributed by atoms with van der Waals surface area (Å²) in [7, 11) is 0. The van der Waals surface area contributed by atoms with Crippen molar-refractivity contribution in [1.29, 1.82) is 0 Å². The van der Waals surface area contributed by atoms with Crippen molar-refractivity contribution in [3.05, 3.63) is 0 Å². The molecule has 2 amide bonds. The molecule has 0 radical (unpaired) electrons. The van der Waals surface area contributed by atoms with Crippen LogP contribution in [0.15, 0.2) is 0 Å². The van der Waals surface area contributed by atoms with E-state index in [2.05, 4.69) is 0 Å². The van der Waals surface area contributed by atoms with Crippen molar-refractivity contribution in [1.82, 2.24) is 5.06 Å². The maximum atomic E-state index is 10.8. The van der Waals surface area contributed by atoms with Gasteiger partial charge in [0.25, 0.3) is 11.8 Å². The molecule has 1 atom stereocenters. The normalized spacial score (nSPS) is 23.4. The van der Waals surface area contributed by atoms with Crippen LogP contribution in [0.5, 0.6) is 0 Å². The van der Waals surface area contributed by atoms with Gasteiger partial charge in [-0.15, -0.1) is 0 Å². The number of hydroxylamine groups is 2. The molecule has 0 unspecified atom stereocenters. The predicted molar refractivity (Wildman–Crippen MR) is 34.0 cm³/mol. The lowest BCUT2D eigenvalue weighted by atomic mass is 10.0. The van der Waals surface area contributed by atoms with Gasteiger partial charge in [-0.3, -0.25) is 19.6 Å². The molecule has 1 heterocycles. The van der Waals surface area contributed by atoms with E-state index in [1.54, 1.807) is 0 Å². The Morgan fingerprint density at radius 1 is 1.58 bits per heavy atom. The van der Waals surface area contributed by atoms with Gasteiger partial charge in [0.15, 0.2) is 0 Å². The van der Waals surface area contributed by atoms with Crippen molar-refractivity contribution in [3.8, 4) is 0 Å². The van der Waals surface area contributed by atoms with Crippen LogP contribution < -0.4 is 0 Å². The second-order valence-electron chi connectivity index (χ2n) is 2.54. The molecule has 0 spiro atoms.